The molecule has 0 unspecified atom stereocenters. The van der Waals surface area contributed by atoms with Crippen molar-refractivity contribution in [1.29, 1.82) is 0 Å². The van der Waals surface area contributed by atoms with Crippen molar-refractivity contribution >= 4 is 24.9 Å². The number of carboxylic acids is 1. The molecule has 6 nitrogen and oxygen atoms in total. The maximum atomic E-state index is 14.3. The van der Waals surface area contributed by atoms with Gasteiger partial charge in [-0.3, -0.25) is 0 Å². The topological polar surface area (TPSA) is 93.8 Å². The van der Waals surface area contributed by atoms with Gasteiger partial charge in [-0.15, -0.1) is 0 Å². The number of benzene rings is 1. The lowest BCUT2D eigenvalue weighted by Gasteiger charge is -2.32. The van der Waals surface area contributed by atoms with Crippen molar-refractivity contribution in [3.63, 3.8) is 0 Å². The zero-order valence-electron chi connectivity index (χ0n) is 15.1. The van der Waals surface area contributed by atoms with E-state index in [0.29, 0.717) is 12.0 Å². The van der Waals surface area contributed by atoms with E-state index in [-0.39, 0.29) is 16.8 Å². The molecule has 0 saturated carbocycles. The Balaban J connectivity index is 2.45. The van der Waals surface area contributed by atoms with Crippen LogP contribution >= 0.6 is 0 Å². The highest BCUT2D eigenvalue weighted by molar-refractivity contribution is 6.55. The van der Waals surface area contributed by atoms with E-state index >= 15 is 0 Å². The van der Waals surface area contributed by atoms with Gasteiger partial charge in [0.15, 0.2) is 0 Å². The summed E-state index contributed by atoms with van der Waals surface area (Å²) in [7, 11) is 1.09. The highest BCUT2D eigenvalue weighted by Gasteiger charge is 2.52. The van der Waals surface area contributed by atoms with Gasteiger partial charge in [0.2, 0.25) is 0 Å². The van der Waals surface area contributed by atoms with Crippen molar-refractivity contribution in [1.82, 2.24) is 5.32 Å². The molecule has 0 bridgehead atoms. The van der Waals surface area contributed by atoms with E-state index in [9.17, 15) is 14.3 Å². The SMILES string of the molecule is CNCC(=Cc1cc(C(=O)O)c(N)cc1F)B1OC(C)(C)C(C)(C)O1. The lowest BCUT2D eigenvalue weighted by Crippen LogP contribution is -2.41. The Hall–Kier alpha value is -1.90. The first-order valence-electron chi connectivity index (χ1n) is 8.01. The Morgan fingerprint density at radius 3 is 2.36 bits per heavy atom. The minimum Gasteiger partial charge on any atom is -0.478 e. The van der Waals surface area contributed by atoms with Gasteiger partial charge in [0.1, 0.15) is 5.82 Å². The van der Waals surface area contributed by atoms with E-state index in [2.05, 4.69) is 5.32 Å². The molecule has 0 aromatic heterocycles. The van der Waals surface area contributed by atoms with Gasteiger partial charge in [-0.05, 0) is 52.3 Å². The monoisotopic (exact) mass is 350 g/mol. The van der Waals surface area contributed by atoms with Gasteiger partial charge in [-0.25, -0.2) is 9.18 Å². The van der Waals surface area contributed by atoms with Gasteiger partial charge in [-0.1, -0.05) is 6.08 Å². The first-order chi connectivity index (χ1) is 11.5. The first kappa shape index (κ1) is 19.4. The van der Waals surface area contributed by atoms with Gasteiger partial charge >= 0.3 is 13.1 Å². The van der Waals surface area contributed by atoms with Crippen LogP contribution < -0.4 is 11.1 Å². The summed E-state index contributed by atoms with van der Waals surface area (Å²) in [6.07, 6.45) is 1.54. The lowest BCUT2D eigenvalue weighted by atomic mass is 9.77. The molecule has 1 aliphatic rings. The predicted molar refractivity (Wildman–Crippen MR) is 95.8 cm³/mol. The van der Waals surface area contributed by atoms with Crippen molar-refractivity contribution < 1.29 is 23.6 Å². The normalized spacial score (nSPS) is 19.3. The second kappa shape index (κ2) is 6.78. The Morgan fingerprint density at radius 2 is 1.88 bits per heavy atom. The van der Waals surface area contributed by atoms with Crippen molar-refractivity contribution in [3.8, 4) is 0 Å². The van der Waals surface area contributed by atoms with Crippen LogP contribution in [0, 0.1) is 5.82 Å². The van der Waals surface area contributed by atoms with E-state index in [4.69, 9.17) is 15.0 Å². The van der Waals surface area contributed by atoms with E-state index in [0.717, 1.165) is 6.07 Å². The molecule has 1 fully saturated rings. The van der Waals surface area contributed by atoms with Gasteiger partial charge in [0.25, 0.3) is 0 Å². The minimum atomic E-state index is -1.21. The van der Waals surface area contributed by atoms with Crippen molar-refractivity contribution in [2.45, 2.75) is 38.9 Å². The van der Waals surface area contributed by atoms with E-state index in [1.54, 1.807) is 13.1 Å². The Bertz CT molecular complexity index is 703. The number of halogens is 1. The van der Waals surface area contributed by atoms with Crippen LogP contribution in [0.4, 0.5) is 10.1 Å². The largest absolute Gasteiger partial charge is 0.491 e. The molecule has 0 radical (unpaired) electrons. The number of likely N-dealkylation sites (N-methyl/N-ethyl adjacent to an activating group) is 1. The number of anilines is 1. The van der Waals surface area contributed by atoms with E-state index < -0.39 is 30.1 Å². The van der Waals surface area contributed by atoms with Crippen LogP contribution in [-0.4, -0.2) is 43.0 Å². The fraction of sp³-hybridized carbons (Fsp3) is 0.471. The standard InChI is InChI=1S/C17H24BFN2O4/c1-16(2)17(3,4)25-18(24-16)11(9-21-5)6-10-7-12(15(22)23)14(20)8-13(10)19/h6-8,21H,9,20H2,1-5H3,(H,22,23). The van der Waals surface area contributed by atoms with Gasteiger partial charge < -0.3 is 25.5 Å². The summed E-state index contributed by atoms with van der Waals surface area (Å²) >= 11 is 0. The maximum Gasteiger partial charge on any atom is 0.491 e. The number of nitrogens with two attached hydrogens (primary N) is 1. The average Bonchev–Trinajstić information content (AvgIpc) is 2.69. The van der Waals surface area contributed by atoms with Gasteiger partial charge in [-0.2, -0.15) is 0 Å². The summed E-state index contributed by atoms with van der Waals surface area (Å²) < 4.78 is 26.3. The smallest absolute Gasteiger partial charge is 0.478 e. The maximum absolute atomic E-state index is 14.3. The molecule has 0 spiro atoms. The fourth-order valence-electron chi connectivity index (χ4n) is 2.50. The summed E-state index contributed by atoms with van der Waals surface area (Å²) in [5.41, 5.74) is 5.01. The summed E-state index contributed by atoms with van der Waals surface area (Å²) in [6.45, 7) is 8.10. The highest BCUT2D eigenvalue weighted by atomic mass is 19.1. The van der Waals surface area contributed by atoms with Crippen LogP contribution in [0.15, 0.2) is 17.6 Å². The van der Waals surface area contributed by atoms with Crippen LogP contribution in [0.25, 0.3) is 6.08 Å². The van der Waals surface area contributed by atoms with Gasteiger partial charge in [0, 0.05) is 17.8 Å². The summed E-state index contributed by atoms with van der Waals surface area (Å²) in [5, 5.41) is 12.2. The van der Waals surface area contributed by atoms with Crippen LogP contribution in [0.2, 0.25) is 0 Å². The highest BCUT2D eigenvalue weighted by Crippen LogP contribution is 2.38. The van der Waals surface area contributed by atoms with Crippen LogP contribution in [0.1, 0.15) is 43.6 Å². The summed E-state index contributed by atoms with van der Waals surface area (Å²) in [5.74, 6) is -1.81. The second-order valence-electron chi connectivity index (χ2n) is 7.10. The minimum absolute atomic E-state index is 0.117. The Labute approximate surface area is 147 Å². The molecule has 0 amide bonds. The molecule has 1 aliphatic heterocycles. The van der Waals surface area contributed by atoms with E-state index in [1.165, 1.54) is 6.07 Å². The number of hydrogen-bond acceptors (Lipinski definition) is 5. The van der Waals surface area contributed by atoms with Gasteiger partial charge in [0.05, 0.1) is 16.8 Å². The summed E-state index contributed by atoms with van der Waals surface area (Å²) in [6, 6.07) is 2.23. The number of nitrogens with one attached hydrogen (secondary N) is 1. The number of rotatable bonds is 5. The molecule has 1 aromatic carbocycles. The summed E-state index contributed by atoms with van der Waals surface area (Å²) in [4.78, 5) is 11.2. The zero-order valence-corrected chi connectivity index (χ0v) is 15.1. The Kier molecular flexibility index (Phi) is 5.27. The molecule has 1 aromatic rings. The average molecular weight is 350 g/mol. The molecule has 0 atom stereocenters. The van der Waals surface area contributed by atoms with Crippen LogP contribution in [-0.2, 0) is 9.31 Å². The fourth-order valence-corrected chi connectivity index (χ4v) is 2.50. The molecule has 0 aliphatic carbocycles. The number of hydrogen-bond donors (Lipinski definition) is 3. The molecule has 2 rings (SSSR count). The quantitative estimate of drug-likeness (QED) is 0.558. The number of aromatic carboxylic acids is 1. The molecule has 1 saturated heterocycles. The number of carboxylic acid groups (broad SMARTS) is 1. The van der Waals surface area contributed by atoms with Crippen molar-refractivity contribution in [3.05, 3.63) is 34.5 Å². The molecular weight excluding hydrogens is 326 g/mol. The predicted octanol–water partition coefficient (Wildman–Crippen LogP) is 2.34. The molecule has 136 valence electrons. The molecule has 4 N–H and O–H groups in total. The third-order valence-electron chi connectivity index (χ3n) is 4.68. The lowest BCUT2D eigenvalue weighted by molar-refractivity contribution is 0.00578. The van der Waals surface area contributed by atoms with Crippen molar-refractivity contribution in [2.24, 2.45) is 0 Å². The molecular formula is C17H24BFN2O4. The number of nitrogen functional groups attached to an aromatic ring is 1. The van der Waals surface area contributed by atoms with Crippen molar-refractivity contribution in [2.75, 3.05) is 19.3 Å². The van der Waals surface area contributed by atoms with E-state index in [1.807, 2.05) is 27.7 Å². The first-order valence-corrected chi connectivity index (χ1v) is 8.01. The number of carbonyl (C=O) groups is 1. The second-order valence-corrected chi connectivity index (χ2v) is 7.10. The molecule has 1 heterocycles. The third-order valence-corrected chi connectivity index (χ3v) is 4.68. The van der Waals surface area contributed by atoms with Crippen LogP contribution in [0.5, 0.6) is 0 Å². The third kappa shape index (κ3) is 3.86. The Morgan fingerprint density at radius 1 is 1.32 bits per heavy atom. The molecule has 25 heavy (non-hydrogen) atoms. The molecule has 8 heteroatoms. The zero-order chi connectivity index (χ0) is 19.0. The van der Waals surface area contributed by atoms with Crippen LogP contribution in [0.3, 0.4) is 0 Å².